The molecule has 0 spiro atoms. The van der Waals surface area contributed by atoms with Gasteiger partial charge in [0.2, 0.25) is 5.91 Å². The number of benzene rings is 1. The summed E-state index contributed by atoms with van der Waals surface area (Å²) >= 11 is 1.18. The molecule has 2 heterocycles. The molecule has 1 fully saturated rings. The first-order valence-corrected chi connectivity index (χ1v) is 9.59. The van der Waals surface area contributed by atoms with Crippen molar-refractivity contribution < 1.29 is 23.9 Å². The summed E-state index contributed by atoms with van der Waals surface area (Å²) in [6, 6.07) is 9.22. The molecule has 9 nitrogen and oxygen atoms in total. The Kier molecular flexibility index (Phi) is 5.55. The Balaban J connectivity index is 1.88. The SMILES string of the molecule is CC1(OC(=O)c2cc(-c3ccccc3)sc2NC(N)=O)CCC(=O)N(C(N)=O)C1. The third-order valence-electron chi connectivity index (χ3n) is 4.51. The number of thiophene rings is 1. The Bertz CT molecular complexity index is 974. The zero-order valence-corrected chi connectivity index (χ0v) is 16.5. The highest BCUT2D eigenvalue weighted by Gasteiger charge is 2.40. The van der Waals surface area contributed by atoms with Crippen molar-refractivity contribution in [3.05, 3.63) is 42.0 Å². The van der Waals surface area contributed by atoms with Crippen molar-refractivity contribution in [2.24, 2.45) is 11.5 Å². The van der Waals surface area contributed by atoms with Crippen molar-refractivity contribution in [3.63, 3.8) is 0 Å². The van der Waals surface area contributed by atoms with Crippen LogP contribution in [0.15, 0.2) is 36.4 Å². The van der Waals surface area contributed by atoms with Crippen LogP contribution >= 0.6 is 11.3 Å². The quantitative estimate of drug-likeness (QED) is 0.656. The molecule has 0 bridgehead atoms. The smallest absolute Gasteiger partial charge is 0.341 e. The van der Waals surface area contributed by atoms with E-state index in [4.69, 9.17) is 16.2 Å². The predicted molar refractivity (Wildman–Crippen MR) is 107 cm³/mol. The number of carbonyl (C=O) groups is 4. The van der Waals surface area contributed by atoms with Gasteiger partial charge in [0, 0.05) is 11.3 Å². The van der Waals surface area contributed by atoms with Gasteiger partial charge in [-0.3, -0.25) is 15.0 Å². The Labute approximate surface area is 170 Å². The number of carbonyl (C=O) groups excluding carboxylic acids is 4. The summed E-state index contributed by atoms with van der Waals surface area (Å²) in [6.07, 6.45) is 0.271. The molecule has 3 rings (SSSR count). The van der Waals surface area contributed by atoms with Gasteiger partial charge in [-0.15, -0.1) is 11.3 Å². The Morgan fingerprint density at radius 1 is 1.21 bits per heavy atom. The molecule has 1 aromatic heterocycles. The van der Waals surface area contributed by atoms with E-state index in [0.29, 0.717) is 0 Å². The molecule has 5 N–H and O–H groups in total. The van der Waals surface area contributed by atoms with Crippen LogP contribution in [-0.4, -0.2) is 41.0 Å². The first-order valence-electron chi connectivity index (χ1n) is 8.77. The van der Waals surface area contributed by atoms with Gasteiger partial charge in [0.1, 0.15) is 10.6 Å². The molecule has 10 heteroatoms. The number of nitrogens with two attached hydrogens (primary N) is 2. The number of primary amides is 2. The fraction of sp³-hybridized carbons (Fsp3) is 0.263. The van der Waals surface area contributed by atoms with Crippen LogP contribution in [0.3, 0.4) is 0 Å². The number of hydrogen-bond donors (Lipinski definition) is 3. The third-order valence-corrected chi connectivity index (χ3v) is 5.61. The first-order chi connectivity index (χ1) is 13.7. The molecule has 1 aliphatic heterocycles. The van der Waals surface area contributed by atoms with Crippen LogP contribution in [0.25, 0.3) is 10.4 Å². The number of ether oxygens (including phenoxy) is 1. The highest BCUT2D eigenvalue weighted by atomic mass is 32.1. The number of esters is 1. The van der Waals surface area contributed by atoms with E-state index in [2.05, 4.69) is 5.32 Å². The van der Waals surface area contributed by atoms with E-state index in [-0.39, 0.29) is 30.0 Å². The monoisotopic (exact) mass is 416 g/mol. The molecule has 2 aromatic rings. The average Bonchev–Trinajstić information content (AvgIpc) is 3.08. The number of amides is 5. The minimum atomic E-state index is -1.10. The fourth-order valence-corrected chi connectivity index (χ4v) is 4.12. The van der Waals surface area contributed by atoms with Crippen LogP contribution in [0, 0.1) is 0 Å². The lowest BCUT2D eigenvalue weighted by Crippen LogP contribution is -2.54. The van der Waals surface area contributed by atoms with Crippen LogP contribution in [-0.2, 0) is 9.53 Å². The van der Waals surface area contributed by atoms with Gasteiger partial charge in [-0.05, 0) is 25.0 Å². The molecule has 5 amide bonds. The maximum Gasteiger partial charge on any atom is 0.341 e. The second-order valence-corrected chi connectivity index (χ2v) is 7.92. The summed E-state index contributed by atoms with van der Waals surface area (Å²) in [5, 5.41) is 2.70. The van der Waals surface area contributed by atoms with Crippen molar-refractivity contribution in [2.75, 3.05) is 11.9 Å². The van der Waals surface area contributed by atoms with Crippen molar-refractivity contribution in [3.8, 4) is 10.4 Å². The van der Waals surface area contributed by atoms with E-state index < -0.39 is 29.5 Å². The Morgan fingerprint density at radius 3 is 2.52 bits per heavy atom. The number of hydrogen-bond acceptors (Lipinski definition) is 6. The zero-order chi connectivity index (χ0) is 21.2. The summed E-state index contributed by atoms with van der Waals surface area (Å²) in [5.41, 5.74) is 10.4. The number of nitrogens with one attached hydrogen (secondary N) is 1. The molecular formula is C19H20N4O5S. The number of imide groups is 1. The van der Waals surface area contributed by atoms with Crippen molar-refractivity contribution >= 4 is 40.3 Å². The largest absolute Gasteiger partial charge is 0.454 e. The van der Waals surface area contributed by atoms with Gasteiger partial charge in [-0.2, -0.15) is 0 Å². The van der Waals surface area contributed by atoms with E-state index >= 15 is 0 Å². The topological polar surface area (TPSA) is 145 Å². The second-order valence-electron chi connectivity index (χ2n) is 6.87. The molecule has 1 atom stereocenters. The maximum absolute atomic E-state index is 12.9. The molecule has 1 aromatic carbocycles. The van der Waals surface area contributed by atoms with Crippen LogP contribution in [0.2, 0.25) is 0 Å². The van der Waals surface area contributed by atoms with Gasteiger partial charge < -0.3 is 16.2 Å². The lowest BCUT2D eigenvalue weighted by Gasteiger charge is -2.37. The third kappa shape index (κ3) is 4.54. The highest BCUT2D eigenvalue weighted by Crippen LogP contribution is 2.37. The van der Waals surface area contributed by atoms with Crippen molar-refractivity contribution in [1.29, 1.82) is 0 Å². The van der Waals surface area contributed by atoms with E-state index in [1.54, 1.807) is 13.0 Å². The van der Waals surface area contributed by atoms with Gasteiger partial charge >= 0.3 is 18.0 Å². The normalized spacial score (nSPS) is 18.9. The lowest BCUT2D eigenvalue weighted by molar-refractivity contribution is -0.137. The highest BCUT2D eigenvalue weighted by molar-refractivity contribution is 7.20. The number of nitrogens with zero attached hydrogens (tertiary/aromatic N) is 1. The minimum Gasteiger partial charge on any atom is -0.454 e. The predicted octanol–water partition coefficient (Wildman–Crippen LogP) is 2.52. The van der Waals surface area contributed by atoms with Gasteiger partial charge in [0.05, 0.1) is 12.1 Å². The fourth-order valence-electron chi connectivity index (χ4n) is 3.06. The number of urea groups is 2. The molecule has 1 unspecified atom stereocenters. The van der Waals surface area contributed by atoms with Gasteiger partial charge in [-0.1, -0.05) is 30.3 Å². The molecule has 0 saturated carbocycles. The summed E-state index contributed by atoms with van der Waals surface area (Å²) in [6.45, 7) is 1.49. The first kappa shape index (κ1) is 20.3. The molecule has 1 saturated heterocycles. The zero-order valence-electron chi connectivity index (χ0n) is 15.6. The average molecular weight is 416 g/mol. The summed E-state index contributed by atoms with van der Waals surface area (Å²) in [5.74, 6) is -1.11. The minimum absolute atomic E-state index is 0.0258. The van der Waals surface area contributed by atoms with Gasteiger partial charge in [-0.25, -0.2) is 14.4 Å². The summed E-state index contributed by atoms with van der Waals surface area (Å²) < 4.78 is 5.64. The number of piperidine rings is 1. The molecule has 29 heavy (non-hydrogen) atoms. The number of likely N-dealkylation sites (tertiary alicyclic amines) is 1. The van der Waals surface area contributed by atoms with Crippen LogP contribution in [0.1, 0.15) is 30.1 Å². The standard InChI is InChI=1S/C19H20N4O5S/c1-19(8-7-14(24)23(10-19)18(21)27)28-16(25)12-9-13(11-5-3-2-4-6-11)29-15(12)22-17(20)26/h2-6,9H,7-8,10H2,1H3,(H2,21,27)(H3,20,22,26). The molecule has 0 radical (unpaired) electrons. The van der Waals surface area contributed by atoms with Crippen LogP contribution in [0.4, 0.5) is 14.6 Å². The lowest BCUT2D eigenvalue weighted by atomic mass is 9.94. The van der Waals surface area contributed by atoms with Gasteiger partial charge in [0.25, 0.3) is 0 Å². The molecular weight excluding hydrogens is 396 g/mol. The van der Waals surface area contributed by atoms with E-state index in [1.807, 2.05) is 30.3 Å². The second kappa shape index (κ2) is 7.92. The Hall–Kier alpha value is -3.40. The van der Waals surface area contributed by atoms with Crippen molar-refractivity contribution in [1.82, 2.24) is 4.90 Å². The Morgan fingerprint density at radius 2 is 1.90 bits per heavy atom. The van der Waals surface area contributed by atoms with Crippen molar-refractivity contribution in [2.45, 2.75) is 25.4 Å². The van der Waals surface area contributed by atoms with E-state index in [0.717, 1.165) is 15.3 Å². The van der Waals surface area contributed by atoms with Crippen LogP contribution < -0.4 is 16.8 Å². The molecule has 152 valence electrons. The maximum atomic E-state index is 12.9. The summed E-state index contributed by atoms with van der Waals surface area (Å²) in [7, 11) is 0. The molecule has 0 aliphatic carbocycles. The number of anilines is 1. The summed E-state index contributed by atoms with van der Waals surface area (Å²) in [4.78, 5) is 49.2. The van der Waals surface area contributed by atoms with E-state index in [1.165, 1.54) is 11.3 Å². The van der Waals surface area contributed by atoms with E-state index in [9.17, 15) is 19.2 Å². The van der Waals surface area contributed by atoms with Crippen LogP contribution in [0.5, 0.6) is 0 Å². The number of rotatable bonds is 4. The van der Waals surface area contributed by atoms with Gasteiger partial charge in [0.15, 0.2) is 0 Å². The molecule has 1 aliphatic rings.